The van der Waals surface area contributed by atoms with E-state index in [9.17, 15) is 0 Å². The number of H-pyrrole nitrogens is 1. The molecule has 0 spiro atoms. The number of aliphatic hydroxyl groups is 1. The number of nitrogens with two attached hydrogens (primary N) is 1. The first kappa shape index (κ1) is 12.8. The zero-order valence-electron chi connectivity index (χ0n) is 10.6. The Hall–Kier alpha value is -2.19. The molecular formula is C12H14N6OS. The van der Waals surface area contributed by atoms with Gasteiger partial charge in [-0.05, 0) is 18.6 Å². The van der Waals surface area contributed by atoms with E-state index >= 15 is 0 Å². The number of thiophene rings is 1. The Bertz CT molecular complexity index is 708. The summed E-state index contributed by atoms with van der Waals surface area (Å²) in [4.78, 5) is 9.50. The largest absolute Gasteiger partial charge is 0.396 e. The van der Waals surface area contributed by atoms with Crippen LogP contribution in [-0.2, 0) is 0 Å². The number of hydrogen-bond donors (Lipinski definition) is 4. The first-order chi connectivity index (χ1) is 9.78. The molecule has 0 amide bonds. The number of nitrogens with one attached hydrogen (secondary N) is 2. The molecule has 0 radical (unpaired) electrons. The molecule has 0 aliphatic carbocycles. The molecule has 3 heterocycles. The van der Waals surface area contributed by atoms with Gasteiger partial charge in [-0.15, -0.1) is 11.3 Å². The molecule has 8 heteroatoms. The second kappa shape index (κ2) is 5.43. The van der Waals surface area contributed by atoms with Crippen molar-refractivity contribution in [3.8, 4) is 10.6 Å². The van der Waals surface area contributed by atoms with Crippen LogP contribution in [0.2, 0.25) is 0 Å². The fourth-order valence-corrected chi connectivity index (χ4v) is 2.92. The van der Waals surface area contributed by atoms with Gasteiger partial charge in [-0.3, -0.25) is 5.10 Å². The summed E-state index contributed by atoms with van der Waals surface area (Å²) in [6.07, 6.45) is 2.37. The zero-order chi connectivity index (χ0) is 13.9. The Morgan fingerprint density at radius 3 is 3.05 bits per heavy atom. The van der Waals surface area contributed by atoms with Gasteiger partial charge in [0.25, 0.3) is 0 Å². The molecule has 0 atom stereocenters. The van der Waals surface area contributed by atoms with Gasteiger partial charge in [0, 0.05) is 19.3 Å². The predicted octanol–water partition coefficient (Wildman–Crippen LogP) is 1.46. The lowest BCUT2D eigenvalue weighted by Gasteiger charge is -2.05. The molecule has 0 aliphatic heterocycles. The third-order valence-electron chi connectivity index (χ3n) is 2.78. The Morgan fingerprint density at radius 1 is 1.40 bits per heavy atom. The Labute approximate surface area is 118 Å². The van der Waals surface area contributed by atoms with Crippen molar-refractivity contribution in [2.24, 2.45) is 0 Å². The summed E-state index contributed by atoms with van der Waals surface area (Å²) < 4.78 is 0.946. The van der Waals surface area contributed by atoms with Crippen molar-refractivity contribution in [2.75, 3.05) is 24.2 Å². The van der Waals surface area contributed by atoms with Crippen LogP contribution >= 0.6 is 11.3 Å². The monoisotopic (exact) mass is 290 g/mol. The highest BCUT2D eigenvalue weighted by molar-refractivity contribution is 7.22. The molecule has 7 nitrogen and oxygen atoms in total. The molecule has 0 fully saturated rings. The van der Waals surface area contributed by atoms with Crippen molar-refractivity contribution in [1.29, 1.82) is 0 Å². The fourth-order valence-electron chi connectivity index (χ4n) is 1.88. The molecule has 0 bridgehead atoms. The van der Waals surface area contributed by atoms with E-state index in [-0.39, 0.29) is 12.6 Å². The van der Waals surface area contributed by atoms with Gasteiger partial charge in [0.2, 0.25) is 5.95 Å². The lowest BCUT2D eigenvalue weighted by molar-refractivity contribution is 0.292. The lowest BCUT2D eigenvalue weighted by Crippen LogP contribution is -2.07. The Balaban J connectivity index is 2.01. The number of nitrogens with zero attached hydrogens (tertiary/aromatic N) is 3. The standard InChI is InChI=1S/C12H14N6OS/c13-12-16-8-6-9(7-2-4-15-18-7)20-10(8)11(17-12)14-3-1-5-19/h2,4,6,19H,1,3,5H2,(H,15,18)(H3,13,14,16,17). The van der Waals surface area contributed by atoms with Crippen molar-refractivity contribution in [3.63, 3.8) is 0 Å². The molecule has 3 rings (SSSR count). The van der Waals surface area contributed by atoms with Crippen molar-refractivity contribution in [2.45, 2.75) is 6.42 Å². The van der Waals surface area contributed by atoms with E-state index in [4.69, 9.17) is 10.8 Å². The van der Waals surface area contributed by atoms with Gasteiger partial charge in [-0.2, -0.15) is 10.1 Å². The van der Waals surface area contributed by atoms with Crippen LogP contribution in [0.1, 0.15) is 6.42 Å². The second-order valence-electron chi connectivity index (χ2n) is 4.23. The topological polar surface area (TPSA) is 113 Å². The van der Waals surface area contributed by atoms with E-state index in [1.807, 2.05) is 12.1 Å². The van der Waals surface area contributed by atoms with Crippen LogP contribution in [0, 0.1) is 0 Å². The fraction of sp³-hybridized carbons (Fsp3) is 0.250. The van der Waals surface area contributed by atoms with E-state index in [0.29, 0.717) is 18.8 Å². The number of aromatic nitrogens is 4. The highest BCUT2D eigenvalue weighted by atomic mass is 32.1. The smallest absolute Gasteiger partial charge is 0.222 e. The first-order valence-electron chi connectivity index (χ1n) is 6.19. The number of nitrogen functional groups attached to an aromatic ring is 1. The van der Waals surface area contributed by atoms with Crippen LogP contribution in [-0.4, -0.2) is 38.4 Å². The van der Waals surface area contributed by atoms with Crippen molar-refractivity contribution < 1.29 is 5.11 Å². The number of fused-ring (bicyclic) bond motifs is 1. The van der Waals surface area contributed by atoms with E-state index in [1.165, 1.54) is 0 Å². The van der Waals surface area contributed by atoms with Gasteiger partial charge >= 0.3 is 0 Å². The quantitative estimate of drug-likeness (QED) is 0.529. The molecule has 20 heavy (non-hydrogen) atoms. The molecule has 104 valence electrons. The van der Waals surface area contributed by atoms with Crippen molar-refractivity contribution in [3.05, 3.63) is 18.3 Å². The lowest BCUT2D eigenvalue weighted by atomic mass is 10.3. The number of anilines is 2. The van der Waals surface area contributed by atoms with Crippen LogP contribution < -0.4 is 11.1 Å². The highest BCUT2D eigenvalue weighted by Gasteiger charge is 2.12. The average molecular weight is 290 g/mol. The van der Waals surface area contributed by atoms with Crippen LogP contribution in [0.25, 0.3) is 20.8 Å². The highest BCUT2D eigenvalue weighted by Crippen LogP contribution is 2.35. The van der Waals surface area contributed by atoms with Crippen LogP contribution in [0.4, 0.5) is 11.8 Å². The third kappa shape index (κ3) is 2.43. The number of aromatic amines is 1. The van der Waals surface area contributed by atoms with Gasteiger partial charge in [-0.25, -0.2) is 4.98 Å². The van der Waals surface area contributed by atoms with Gasteiger partial charge in [0.15, 0.2) is 0 Å². The van der Waals surface area contributed by atoms with Crippen molar-refractivity contribution >= 4 is 33.3 Å². The zero-order valence-corrected chi connectivity index (χ0v) is 11.4. The molecule has 5 N–H and O–H groups in total. The minimum Gasteiger partial charge on any atom is -0.396 e. The number of rotatable bonds is 5. The van der Waals surface area contributed by atoms with E-state index < -0.39 is 0 Å². The second-order valence-corrected chi connectivity index (χ2v) is 5.28. The van der Waals surface area contributed by atoms with Crippen LogP contribution in [0.15, 0.2) is 18.3 Å². The molecule has 3 aromatic rings. The summed E-state index contributed by atoms with van der Waals surface area (Å²) in [6.45, 7) is 0.778. The third-order valence-corrected chi connectivity index (χ3v) is 3.95. The number of aliphatic hydroxyl groups excluding tert-OH is 1. The molecule has 0 aromatic carbocycles. The van der Waals surface area contributed by atoms with Gasteiger partial charge < -0.3 is 16.2 Å². The first-order valence-corrected chi connectivity index (χ1v) is 7.01. The Morgan fingerprint density at radius 2 is 2.30 bits per heavy atom. The normalized spacial score (nSPS) is 11.1. The summed E-state index contributed by atoms with van der Waals surface area (Å²) in [5, 5.41) is 18.9. The summed E-state index contributed by atoms with van der Waals surface area (Å²) in [5.41, 5.74) is 7.47. The molecule has 3 aromatic heterocycles. The minimum absolute atomic E-state index is 0.139. The SMILES string of the molecule is Nc1nc(NCCCO)c2sc(-c3ccn[nH]3)cc2n1. The summed E-state index contributed by atoms with van der Waals surface area (Å²) in [7, 11) is 0. The molecule has 0 unspecified atom stereocenters. The van der Waals surface area contributed by atoms with Crippen molar-refractivity contribution in [1.82, 2.24) is 20.2 Å². The van der Waals surface area contributed by atoms with Gasteiger partial charge in [0.1, 0.15) is 5.82 Å². The summed E-state index contributed by atoms with van der Waals surface area (Å²) in [5.74, 6) is 0.940. The van der Waals surface area contributed by atoms with Gasteiger partial charge in [0.05, 0.1) is 20.8 Å². The number of hydrogen-bond acceptors (Lipinski definition) is 7. The average Bonchev–Trinajstić information content (AvgIpc) is 3.06. The minimum atomic E-state index is 0.139. The summed E-state index contributed by atoms with van der Waals surface area (Å²) >= 11 is 1.57. The molecule has 0 saturated heterocycles. The maximum atomic E-state index is 8.84. The van der Waals surface area contributed by atoms with Crippen LogP contribution in [0.5, 0.6) is 0 Å². The molecular weight excluding hydrogens is 276 g/mol. The summed E-state index contributed by atoms with van der Waals surface area (Å²) in [6, 6.07) is 3.86. The van der Waals surface area contributed by atoms with E-state index in [2.05, 4.69) is 25.5 Å². The maximum Gasteiger partial charge on any atom is 0.222 e. The maximum absolute atomic E-state index is 8.84. The Kier molecular flexibility index (Phi) is 3.48. The molecule has 0 saturated carbocycles. The molecule has 0 aliphatic rings. The van der Waals surface area contributed by atoms with E-state index in [0.717, 1.165) is 20.8 Å². The van der Waals surface area contributed by atoms with Crippen LogP contribution in [0.3, 0.4) is 0 Å². The van der Waals surface area contributed by atoms with E-state index in [1.54, 1.807) is 17.5 Å². The van der Waals surface area contributed by atoms with Gasteiger partial charge in [-0.1, -0.05) is 0 Å². The predicted molar refractivity (Wildman–Crippen MR) is 79.6 cm³/mol.